The van der Waals surface area contributed by atoms with Crippen molar-refractivity contribution in [3.8, 4) is 17.1 Å². The molecule has 1 N–H and O–H groups in total. The van der Waals surface area contributed by atoms with Crippen LogP contribution in [0.4, 0.5) is 0 Å². The molecule has 0 spiro atoms. The van der Waals surface area contributed by atoms with Gasteiger partial charge in [0.2, 0.25) is 0 Å². The van der Waals surface area contributed by atoms with Crippen molar-refractivity contribution in [3.05, 3.63) is 75.1 Å². The highest BCUT2D eigenvalue weighted by atomic mass is 32.1. The van der Waals surface area contributed by atoms with E-state index in [9.17, 15) is 9.59 Å². The Labute approximate surface area is 158 Å². The summed E-state index contributed by atoms with van der Waals surface area (Å²) in [6.45, 7) is 2.60. The second kappa shape index (κ2) is 7.16. The minimum Gasteiger partial charge on any atom is -0.494 e. The number of hydrogen-bond acceptors (Lipinski definition) is 6. The summed E-state index contributed by atoms with van der Waals surface area (Å²) in [5.41, 5.74) is 1.51. The number of ether oxygens (including phenoxy) is 1. The molecule has 1 aromatic carbocycles. The van der Waals surface area contributed by atoms with E-state index in [2.05, 4.69) is 14.3 Å². The van der Waals surface area contributed by atoms with Crippen LogP contribution >= 0.6 is 11.5 Å². The maximum Gasteiger partial charge on any atom is 0.329 e. The third-order valence-corrected chi connectivity index (χ3v) is 4.90. The van der Waals surface area contributed by atoms with Gasteiger partial charge in [-0.2, -0.15) is 4.37 Å². The molecule has 8 heteroatoms. The number of H-pyrrole nitrogens is 1. The van der Waals surface area contributed by atoms with Gasteiger partial charge in [0.15, 0.2) is 0 Å². The predicted octanol–water partition coefficient (Wildman–Crippen LogP) is 2.66. The van der Waals surface area contributed by atoms with Crippen LogP contribution in [0, 0.1) is 0 Å². The number of nitrogens with zero attached hydrogens (tertiary/aromatic N) is 3. The standard InChI is InChI=1S/C19H16N4O3S/c1-2-26-13-7-5-6-12(10-13)11-23-18(24)17-16(21-19(23)25)15(22-27-17)14-8-3-4-9-20-14/h3-10H,2,11H2,1H3,(H,21,25). The van der Waals surface area contributed by atoms with E-state index in [1.807, 2.05) is 37.3 Å². The monoisotopic (exact) mass is 380 g/mol. The van der Waals surface area contributed by atoms with Gasteiger partial charge in [0, 0.05) is 6.20 Å². The first-order valence-corrected chi connectivity index (χ1v) is 9.20. The summed E-state index contributed by atoms with van der Waals surface area (Å²) in [5.74, 6) is 0.704. The summed E-state index contributed by atoms with van der Waals surface area (Å²) in [6, 6.07) is 12.8. The van der Waals surface area contributed by atoms with Crippen LogP contribution in [0.25, 0.3) is 21.6 Å². The summed E-state index contributed by atoms with van der Waals surface area (Å²) in [4.78, 5) is 32.5. The Hall–Kier alpha value is -3.26. The smallest absolute Gasteiger partial charge is 0.329 e. The molecular weight excluding hydrogens is 364 g/mol. The lowest BCUT2D eigenvalue weighted by atomic mass is 10.2. The molecule has 0 radical (unpaired) electrons. The van der Waals surface area contributed by atoms with Crippen molar-refractivity contribution in [2.75, 3.05) is 6.61 Å². The van der Waals surface area contributed by atoms with Gasteiger partial charge in [-0.15, -0.1) is 0 Å². The second-order valence-electron chi connectivity index (χ2n) is 5.85. The second-order valence-corrected chi connectivity index (χ2v) is 6.63. The zero-order valence-electron chi connectivity index (χ0n) is 14.5. The van der Waals surface area contributed by atoms with Gasteiger partial charge >= 0.3 is 5.69 Å². The Morgan fingerprint density at radius 2 is 2.07 bits per heavy atom. The Balaban J connectivity index is 1.78. The molecule has 0 saturated heterocycles. The van der Waals surface area contributed by atoms with Gasteiger partial charge in [0.1, 0.15) is 16.1 Å². The first kappa shape index (κ1) is 17.2. The van der Waals surface area contributed by atoms with E-state index in [0.717, 1.165) is 17.1 Å². The van der Waals surface area contributed by atoms with Crippen LogP contribution in [-0.2, 0) is 6.54 Å². The highest BCUT2D eigenvalue weighted by Crippen LogP contribution is 2.25. The van der Waals surface area contributed by atoms with Crippen LogP contribution in [0.5, 0.6) is 5.75 Å². The molecule has 4 rings (SSSR count). The minimum absolute atomic E-state index is 0.155. The topological polar surface area (TPSA) is 89.9 Å². The number of nitrogens with one attached hydrogen (secondary N) is 1. The highest BCUT2D eigenvalue weighted by Gasteiger charge is 2.16. The highest BCUT2D eigenvalue weighted by molar-refractivity contribution is 7.13. The summed E-state index contributed by atoms with van der Waals surface area (Å²) in [7, 11) is 0. The lowest BCUT2D eigenvalue weighted by molar-refractivity contribution is 0.340. The largest absolute Gasteiger partial charge is 0.494 e. The van der Waals surface area contributed by atoms with Crippen molar-refractivity contribution in [1.29, 1.82) is 0 Å². The quantitative estimate of drug-likeness (QED) is 0.575. The molecule has 0 amide bonds. The van der Waals surface area contributed by atoms with Crippen molar-refractivity contribution in [2.45, 2.75) is 13.5 Å². The van der Waals surface area contributed by atoms with Crippen molar-refractivity contribution in [3.63, 3.8) is 0 Å². The molecule has 3 aromatic heterocycles. The third kappa shape index (κ3) is 3.26. The Morgan fingerprint density at radius 3 is 2.85 bits per heavy atom. The van der Waals surface area contributed by atoms with E-state index in [4.69, 9.17) is 4.74 Å². The maximum atomic E-state index is 12.9. The van der Waals surface area contributed by atoms with Crippen LogP contribution in [0.1, 0.15) is 12.5 Å². The fourth-order valence-electron chi connectivity index (χ4n) is 2.85. The van der Waals surface area contributed by atoms with Gasteiger partial charge in [-0.05, 0) is 48.3 Å². The molecule has 4 aromatic rings. The minimum atomic E-state index is -0.480. The van der Waals surface area contributed by atoms with Gasteiger partial charge in [-0.3, -0.25) is 14.3 Å². The zero-order chi connectivity index (χ0) is 18.8. The van der Waals surface area contributed by atoms with E-state index in [0.29, 0.717) is 34.0 Å². The number of hydrogen-bond donors (Lipinski definition) is 1. The van der Waals surface area contributed by atoms with Gasteiger partial charge in [0.25, 0.3) is 5.56 Å². The van der Waals surface area contributed by atoms with E-state index >= 15 is 0 Å². The van der Waals surface area contributed by atoms with Crippen molar-refractivity contribution in [2.24, 2.45) is 0 Å². The SMILES string of the molecule is CCOc1cccc(Cn2c(=O)[nH]c3c(-c4ccccn4)nsc3c2=O)c1. The van der Waals surface area contributed by atoms with Crippen LogP contribution < -0.4 is 16.0 Å². The van der Waals surface area contributed by atoms with Crippen LogP contribution in [0.3, 0.4) is 0 Å². The third-order valence-electron chi connectivity index (χ3n) is 4.07. The Bertz CT molecular complexity index is 1210. The van der Waals surface area contributed by atoms with Crippen molar-refractivity contribution < 1.29 is 4.74 Å². The predicted molar refractivity (Wildman–Crippen MR) is 104 cm³/mol. The lowest BCUT2D eigenvalue weighted by Crippen LogP contribution is -2.34. The van der Waals surface area contributed by atoms with Crippen molar-refractivity contribution >= 4 is 21.7 Å². The zero-order valence-corrected chi connectivity index (χ0v) is 15.3. The molecule has 27 heavy (non-hydrogen) atoms. The normalized spacial score (nSPS) is 11.0. The molecule has 7 nitrogen and oxygen atoms in total. The first-order valence-electron chi connectivity index (χ1n) is 8.43. The summed E-state index contributed by atoms with van der Waals surface area (Å²) in [5, 5.41) is 0. The van der Waals surface area contributed by atoms with Crippen LogP contribution in [-0.4, -0.2) is 25.5 Å². The molecule has 0 aliphatic rings. The molecule has 0 saturated carbocycles. The van der Waals surface area contributed by atoms with Crippen LogP contribution in [0.15, 0.2) is 58.3 Å². The fraction of sp³-hybridized carbons (Fsp3) is 0.158. The number of fused-ring (bicyclic) bond motifs is 1. The van der Waals surface area contributed by atoms with E-state index < -0.39 is 5.69 Å². The van der Waals surface area contributed by atoms with E-state index in [-0.39, 0.29) is 12.1 Å². The average molecular weight is 380 g/mol. The van der Waals surface area contributed by atoms with Gasteiger partial charge in [-0.25, -0.2) is 4.79 Å². The molecule has 136 valence electrons. The molecule has 0 fully saturated rings. The molecule has 0 bridgehead atoms. The molecule has 0 aliphatic carbocycles. The number of rotatable bonds is 5. The van der Waals surface area contributed by atoms with Crippen LogP contribution in [0.2, 0.25) is 0 Å². The Morgan fingerprint density at radius 1 is 1.19 bits per heavy atom. The van der Waals surface area contributed by atoms with Gasteiger partial charge in [-0.1, -0.05) is 18.2 Å². The molecule has 3 heterocycles. The number of aromatic amines is 1. The summed E-state index contributed by atoms with van der Waals surface area (Å²) >= 11 is 1.06. The number of benzene rings is 1. The molecule has 0 unspecified atom stereocenters. The average Bonchev–Trinajstić information content (AvgIpc) is 3.10. The van der Waals surface area contributed by atoms with E-state index in [1.165, 1.54) is 4.57 Å². The van der Waals surface area contributed by atoms with Gasteiger partial charge < -0.3 is 9.72 Å². The fourth-order valence-corrected chi connectivity index (χ4v) is 3.64. The number of pyridine rings is 1. The van der Waals surface area contributed by atoms with Gasteiger partial charge in [0.05, 0.1) is 24.4 Å². The summed E-state index contributed by atoms with van der Waals surface area (Å²) in [6.07, 6.45) is 1.64. The molecule has 0 aliphatic heterocycles. The molecule has 0 atom stereocenters. The molecular formula is C19H16N4O3S. The van der Waals surface area contributed by atoms with E-state index in [1.54, 1.807) is 18.3 Å². The lowest BCUT2D eigenvalue weighted by Gasteiger charge is -2.08. The first-order chi connectivity index (χ1) is 13.2. The number of aromatic nitrogens is 4. The Kier molecular flexibility index (Phi) is 4.55. The maximum absolute atomic E-state index is 12.9. The van der Waals surface area contributed by atoms with Crippen molar-refractivity contribution in [1.82, 2.24) is 18.9 Å². The summed E-state index contributed by atoms with van der Waals surface area (Å²) < 4.78 is 11.4.